The number of hydrogen-bond donors (Lipinski definition) is 2. The predicted octanol–water partition coefficient (Wildman–Crippen LogP) is 1.55. The number of fused-ring (bicyclic) bond motifs is 1. The van der Waals surface area contributed by atoms with Crippen LogP contribution in [0.2, 0.25) is 0 Å². The molecule has 0 spiro atoms. The van der Waals surface area contributed by atoms with Crippen molar-refractivity contribution in [3.63, 3.8) is 0 Å². The summed E-state index contributed by atoms with van der Waals surface area (Å²) in [5.74, 6) is 0.690. The summed E-state index contributed by atoms with van der Waals surface area (Å²) in [4.78, 5) is 13.4. The van der Waals surface area contributed by atoms with E-state index in [9.17, 15) is 13.2 Å². The first-order chi connectivity index (χ1) is 9.97. The van der Waals surface area contributed by atoms with Crippen molar-refractivity contribution in [3.05, 3.63) is 45.2 Å². The highest BCUT2D eigenvalue weighted by Crippen LogP contribution is 2.33. The maximum atomic E-state index is 12.4. The number of aryl methyl sites for hydroxylation is 1. The molecule has 0 fully saturated rings. The molecule has 0 saturated heterocycles. The Labute approximate surface area is 125 Å². The zero-order chi connectivity index (χ0) is 15.0. The second-order valence-electron chi connectivity index (χ2n) is 4.78. The summed E-state index contributed by atoms with van der Waals surface area (Å²) in [6.45, 7) is 2.02. The molecule has 1 aliphatic heterocycles. The SMILES string of the molecule is Cc1[nH]c(=O)sc1S(=O)(=O)NC1CCOc2ccccc21. The molecule has 0 bridgehead atoms. The van der Waals surface area contributed by atoms with E-state index in [1.165, 1.54) is 0 Å². The summed E-state index contributed by atoms with van der Waals surface area (Å²) in [7, 11) is -3.73. The Morgan fingerprint density at radius 1 is 1.38 bits per heavy atom. The van der Waals surface area contributed by atoms with Crippen LogP contribution in [0.4, 0.5) is 0 Å². The zero-order valence-electron chi connectivity index (χ0n) is 11.3. The minimum atomic E-state index is -3.73. The van der Waals surface area contributed by atoms with Crippen LogP contribution in [0.5, 0.6) is 5.75 Å². The fourth-order valence-corrected chi connectivity index (χ4v) is 4.92. The van der Waals surface area contributed by atoms with E-state index in [4.69, 9.17) is 4.74 Å². The predicted molar refractivity (Wildman–Crippen MR) is 79.3 cm³/mol. The van der Waals surface area contributed by atoms with Crippen molar-refractivity contribution < 1.29 is 13.2 Å². The minimum Gasteiger partial charge on any atom is -0.493 e. The number of thiazole rings is 1. The number of hydrogen-bond acceptors (Lipinski definition) is 5. The summed E-state index contributed by atoms with van der Waals surface area (Å²) in [5, 5.41) is 0. The van der Waals surface area contributed by atoms with Gasteiger partial charge in [-0.1, -0.05) is 29.5 Å². The number of ether oxygens (including phenoxy) is 1. The van der Waals surface area contributed by atoms with Gasteiger partial charge in [-0.05, 0) is 13.0 Å². The van der Waals surface area contributed by atoms with E-state index >= 15 is 0 Å². The lowest BCUT2D eigenvalue weighted by atomic mass is 10.0. The Morgan fingerprint density at radius 3 is 2.86 bits per heavy atom. The fourth-order valence-electron chi connectivity index (χ4n) is 2.35. The second-order valence-corrected chi connectivity index (χ2v) is 7.67. The first-order valence-corrected chi connectivity index (χ1v) is 8.71. The van der Waals surface area contributed by atoms with Crippen LogP contribution in [0, 0.1) is 6.92 Å². The summed E-state index contributed by atoms with van der Waals surface area (Å²) >= 11 is 0.698. The number of nitrogens with one attached hydrogen (secondary N) is 2. The molecule has 1 aromatic heterocycles. The van der Waals surface area contributed by atoms with Crippen molar-refractivity contribution in [1.82, 2.24) is 9.71 Å². The Morgan fingerprint density at radius 2 is 2.14 bits per heavy atom. The summed E-state index contributed by atoms with van der Waals surface area (Å²) < 4.78 is 33.1. The maximum absolute atomic E-state index is 12.4. The molecule has 1 aromatic carbocycles. The van der Waals surface area contributed by atoms with Crippen LogP contribution in [0.15, 0.2) is 33.3 Å². The smallest absolute Gasteiger partial charge is 0.305 e. The van der Waals surface area contributed by atoms with Crippen LogP contribution >= 0.6 is 11.3 Å². The number of H-pyrrole nitrogens is 1. The van der Waals surface area contributed by atoms with Gasteiger partial charge in [0, 0.05) is 17.7 Å². The van der Waals surface area contributed by atoms with Gasteiger partial charge in [-0.2, -0.15) is 0 Å². The van der Waals surface area contributed by atoms with Crippen molar-refractivity contribution in [3.8, 4) is 5.75 Å². The monoisotopic (exact) mass is 326 g/mol. The van der Waals surface area contributed by atoms with Crippen molar-refractivity contribution in [1.29, 1.82) is 0 Å². The number of benzene rings is 1. The zero-order valence-corrected chi connectivity index (χ0v) is 12.9. The largest absolute Gasteiger partial charge is 0.493 e. The number of para-hydroxylation sites is 1. The van der Waals surface area contributed by atoms with Gasteiger partial charge in [-0.3, -0.25) is 4.79 Å². The quantitative estimate of drug-likeness (QED) is 0.895. The normalized spacial score (nSPS) is 18.0. The van der Waals surface area contributed by atoms with Gasteiger partial charge in [0.25, 0.3) is 10.0 Å². The lowest BCUT2D eigenvalue weighted by Gasteiger charge is -2.26. The Balaban J connectivity index is 1.94. The molecule has 3 rings (SSSR count). The first kappa shape index (κ1) is 14.3. The molecule has 0 saturated carbocycles. The third-order valence-electron chi connectivity index (χ3n) is 3.28. The Kier molecular flexibility index (Phi) is 3.60. The topological polar surface area (TPSA) is 88.3 Å². The highest BCUT2D eigenvalue weighted by molar-refractivity contribution is 7.91. The molecule has 0 radical (unpaired) electrons. The third-order valence-corrected chi connectivity index (χ3v) is 6.36. The van der Waals surface area contributed by atoms with Gasteiger partial charge >= 0.3 is 4.87 Å². The first-order valence-electron chi connectivity index (χ1n) is 6.41. The molecular weight excluding hydrogens is 312 g/mol. The lowest BCUT2D eigenvalue weighted by Crippen LogP contribution is -2.32. The average Bonchev–Trinajstić information content (AvgIpc) is 2.79. The average molecular weight is 326 g/mol. The number of sulfonamides is 1. The molecule has 6 nitrogen and oxygen atoms in total. The minimum absolute atomic E-state index is 0.0384. The standard InChI is InChI=1S/C13H14N2O4S2/c1-8-12(20-13(16)14-8)21(17,18)15-10-6-7-19-11-5-3-2-4-9(10)11/h2-5,10,15H,6-7H2,1H3,(H,14,16). The van der Waals surface area contributed by atoms with Crippen LogP contribution in [0.25, 0.3) is 0 Å². The van der Waals surface area contributed by atoms with Crippen molar-refractivity contribution >= 4 is 21.4 Å². The molecule has 0 aliphatic carbocycles. The molecule has 21 heavy (non-hydrogen) atoms. The molecule has 1 aliphatic rings. The van der Waals surface area contributed by atoms with E-state index in [1.54, 1.807) is 6.92 Å². The number of aromatic amines is 1. The summed E-state index contributed by atoms with van der Waals surface area (Å²) in [6.07, 6.45) is 0.550. The Hall–Kier alpha value is -1.64. The molecule has 2 aromatic rings. The number of rotatable bonds is 3. The van der Waals surface area contributed by atoms with E-state index in [0.717, 1.165) is 5.56 Å². The maximum Gasteiger partial charge on any atom is 0.305 e. The highest BCUT2D eigenvalue weighted by atomic mass is 32.2. The molecule has 112 valence electrons. The van der Waals surface area contributed by atoms with E-state index in [1.807, 2.05) is 24.3 Å². The van der Waals surface area contributed by atoms with Gasteiger partial charge in [0.2, 0.25) is 0 Å². The van der Waals surface area contributed by atoms with Gasteiger partial charge < -0.3 is 9.72 Å². The molecule has 1 unspecified atom stereocenters. The number of aromatic nitrogens is 1. The van der Waals surface area contributed by atoms with Crippen molar-refractivity contribution in [2.24, 2.45) is 0 Å². The third kappa shape index (κ3) is 2.74. The van der Waals surface area contributed by atoms with Crippen molar-refractivity contribution in [2.45, 2.75) is 23.6 Å². The van der Waals surface area contributed by atoms with Gasteiger partial charge in [-0.25, -0.2) is 13.1 Å². The van der Waals surface area contributed by atoms with Gasteiger partial charge in [0.1, 0.15) is 5.75 Å². The molecule has 2 heterocycles. The van der Waals surface area contributed by atoms with E-state index in [2.05, 4.69) is 9.71 Å². The molecular formula is C13H14N2O4S2. The van der Waals surface area contributed by atoms with Crippen LogP contribution in [0.3, 0.4) is 0 Å². The summed E-state index contributed by atoms with van der Waals surface area (Å²) in [6, 6.07) is 6.99. The fraction of sp³-hybridized carbons (Fsp3) is 0.308. The highest BCUT2D eigenvalue weighted by Gasteiger charge is 2.28. The summed E-state index contributed by atoms with van der Waals surface area (Å²) in [5.41, 5.74) is 1.17. The Bertz CT molecular complexity index is 823. The van der Waals surface area contributed by atoms with Crippen molar-refractivity contribution in [2.75, 3.05) is 6.61 Å². The van der Waals surface area contributed by atoms with E-state index < -0.39 is 10.0 Å². The van der Waals surface area contributed by atoms with E-state index in [-0.39, 0.29) is 15.1 Å². The molecule has 2 N–H and O–H groups in total. The molecule has 1 atom stereocenters. The van der Waals surface area contributed by atoms with Gasteiger partial charge in [0.05, 0.1) is 12.6 Å². The van der Waals surface area contributed by atoms with Gasteiger partial charge in [-0.15, -0.1) is 0 Å². The van der Waals surface area contributed by atoms with E-state index in [0.29, 0.717) is 35.8 Å². The molecule has 0 amide bonds. The van der Waals surface area contributed by atoms with Crippen LogP contribution in [-0.2, 0) is 10.0 Å². The molecule has 8 heteroatoms. The lowest BCUT2D eigenvalue weighted by molar-refractivity contribution is 0.263. The van der Waals surface area contributed by atoms with Crippen LogP contribution in [-0.4, -0.2) is 20.0 Å². The second kappa shape index (κ2) is 5.28. The van der Waals surface area contributed by atoms with Crippen LogP contribution < -0.4 is 14.3 Å². The van der Waals surface area contributed by atoms with Crippen LogP contribution in [0.1, 0.15) is 23.7 Å². The van der Waals surface area contributed by atoms with Gasteiger partial charge in [0.15, 0.2) is 4.21 Å².